The third-order valence-corrected chi connectivity index (χ3v) is 4.89. The Balaban J connectivity index is 1.65. The summed E-state index contributed by atoms with van der Waals surface area (Å²) in [4.78, 5) is 37.3. The summed E-state index contributed by atoms with van der Waals surface area (Å²) in [6.45, 7) is 0.254. The van der Waals surface area contributed by atoms with E-state index in [9.17, 15) is 18.8 Å². The zero-order valence-corrected chi connectivity index (χ0v) is 12.6. The SMILES string of the molecule is O=C(N[C@@H]1CCSC1=O)[C@H]1CC(=O)N(c2ccc(F)cc2)C1. The summed E-state index contributed by atoms with van der Waals surface area (Å²) in [7, 11) is 0. The second-order valence-electron chi connectivity index (χ2n) is 5.40. The van der Waals surface area contributed by atoms with Crippen molar-refractivity contribution in [3.63, 3.8) is 0 Å². The van der Waals surface area contributed by atoms with Gasteiger partial charge in [0.2, 0.25) is 16.9 Å². The van der Waals surface area contributed by atoms with Gasteiger partial charge in [0, 0.05) is 24.4 Å². The van der Waals surface area contributed by atoms with Crippen LogP contribution in [-0.2, 0) is 14.4 Å². The number of hydrogen-bond acceptors (Lipinski definition) is 4. The maximum atomic E-state index is 12.9. The van der Waals surface area contributed by atoms with Gasteiger partial charge in [0.05, 0.1) is 12.0 Å². The van der Waals surface area contributed by atoms with Crippen LogP contribution in [-0.4, -0.2) is 35.3 Å². The van der Waals surface area contributed by atoms with Crippen molar-refractivity contribution >= 4 is 34.4 Å². The van der Waals surface area contributed by atoms with Crippen LogP contribution < -0.4 is 10.2 Å². The first-order valence-electron chi connectivity index (χ1n) is 7.07. The van der Waals surface area contributed by atoms with Gasteiger partial charge in [0.15, 0.2) is 0 Å². The molecule has 2 fully saturated rings. The van der Waals surface area contributed by atoms with E-state index in [0.717, 1.165) is 5.75 Å². The van der Waals surface area contributed by atoms with Crippen molar-refractivity contribution in [3.05, 3.63) is 30.1 Å². The summed E-state index contributed by atoms with van der Waals surface area (Å²) < 4.78 is 12.9. The van der Waals surface area contributed by atoms with Crippen molar-refractivity contribution in [2.75, 3.05) is 17.2 Å². The van der Waals surface area contributed by atoms with Gasteiger partial charge in [-0.25, -0.2) is 4.39 Å². The summed E-state index contributed by atoms with van der Waals surface area (Å²) in [5.41, 5.74) is 0.578. The largest absolute Gasteiger partial charge is 0.345 e. The van der Waals surface area contributed by atoms with E-state index in [1.807, 2.05) is 0 Å². The van der Waals surface area contributed by atoms with Gasteiger partial charge in [-0.15, -0.1) is 0 Å². The predicted molar refractivity (Wildman–Crippen MR) is 80.9 cm³/mol. The number of nitrogens with zero attached hydrogens (tertiary/aromatic N) is 1. The van der Waals surface area contributed by atoms with E-state index >= 15 is 0 Å². The molecular formula is C15H15FN2O3S. The lowest BCUT2D eigenvalue weighted by Gasteiger charge is -2.17. The number of carbonyl (C=O) groups is 3. The Labute approximate surface area is 131 Å². The number of hydrogen-bond donors (Lipinski definition) is 1. The minimum absolute atomic E-state index is 0.0203. The molecule has 2 saturated heterocycles. The third-order valence-electron chi connectivity index (χ3n) is 3.89. The normalized spacial score (nSPS) is 24.9. The van der Waals surface area contributed by atoms with Crippen molar-refractivity contribution in [1.29, 1.82) is 0 Å². The quantitative estimate of drug-likeness (QED) is 0.912. The molecule has 0 radical (unpaired) electrons. The second-order valence-corrected chi connectivity index (χ2v) is 6.50. The summed E-state index contributed by atoms with van der Waals surface area (Å²) in [5.74, 6) is -0.565. The molecule has 0 bridgehead atoms. The number of carbonyl (C=O) groups excluding carboxylic acids is 3. The molecule has 0 aliphatic carbocycles. The molecule has 5 nitrogen and oxygen atoms in total. The van der Waals surface area contributed by atoms with Gasteiger partial charge in [0.1, 0.15) is 5.82 Å². The van der Waals surface area contributed by atoms with Crippen LogP contribution >= 0.6 is 11.8 Å². The van der Waals surface area contributed by atoms with Crippen LogP contribution in [0.3, 0.4) is 0 Å². The van der Waals surface area contributed by atoms with E-state index in [0.29, 0.717) is 12.1 Å². The Morgan fingerprint density at radius 1 is 1.27 bits per heavy atom. The molecule has 0 unspecified atom stereocenters. The van der Waals surface area contributed by atoms with Crippen molar-refractivity contribution in [1.82, 2.24) is 5.32 Å². The molecule has 2 aliphatic rings. The average molecular weight is 322 g/mol. The fraction of sp³-hybridized carbons (Fsp3) is 0.400. The van der Waals surface area contributed by atoms with Crippen LogP contribution in [0.1, 0.15) is 12.8 Å². The zero-order chi connectivity index (χ0) is 15.7. The van der Waals surface area contributed by atoms with Crippen molar-refractivity contribution in [2.45, 2.75) is 18.9 Å². The summed E-state index contributed by atoms with van der Waals surface area (Å²) in [6, 6.07) is 5.16. The molecule has 2 aliphatic heterocycles. The number of nitrogens with one attached hydrogen (secondary N) is 1. The highest BCUT2D eigenvalue weighted by molar-refractivity contribution is 8.14. The minimum atomic E-state index is -0.476. The molecule has 2 heterocycles. The van der Waals surface area contributed by atoms with Gasteiger partial charge in [-0.3, -0.25) is 14.4 Å². The average Bonchev–Trinajstić information content (AvgIpc) is 3.07. The van der Waals surface area contributed by atoms with Gasteiger partial charge in [-0.2, -0.15) is 0 Å². The number of anilines is 1. The summed E-state index contributed by atoms with van der Waals surface area (Å²) in [6.07, 6.45) is 0.745. The Bertz CT molecular complexity index is 620. The van der Waals surface area contributed by atoms with Gasteiger partial charge in [0.25, 0.3) is 0 Å². The summed E-state index contributed by atoms with van der Waals surface area (Å²) >= 11 is 1.22. The standard InChI is InChI=1S/C15H15FN2O3S/c16-10-1-3-11(4-2-10)18-8-9(7-13(18)19)14(20)17-12-5-6-22-15(12)21/h1-4,9,12H,5-8H2,(H,17,20)/t9-,12+/m0/s1. The molecule has 1 aromatic rings. The van der Waals surface area contributed by atoms with Crippen LogP contribution in [0, 0.1) is 11.7 Å². The molecule has 0 spiro atoms. The molecule has 1 aromatic carbocycles. The Kier molecular flexibility index (Phi) is 4.15. The molecule has 7 heteroatoms. The highest BCUT2D eigenvalue weighted by Gasteiger charge is 2.37. The van der Waals surface area contributed by atoms with Gasteiger partial charge < -0.3 is 10.2 Å². The van der Waals surface area contributed by atoms with Crippen LogP contribution in [0.15, 0.2) is 24.3 Å². The Hall–Kier alpha value is -1.89. The Morgan fingerprint density at radius 2 is 2.00 bits per heavy atom. The minimum Gasteiger partial charge on any atom is -0.345 e. The van der Waals surface area contributed by atoms with Crippen LogP contribution in [0.5, 0.6) is 0 Å². The van der Waals surface area contributed by atoms with Gasteiger partial charge in [-0.05, 0) is 30.7 Å². The number of halogens is 1. The predicted octanol–water partition coefficient (Wildman–Crippen LogP) is 1.33. The molecule has 0 aromatic heterocycles. The van der Waals surface area contributed by atoms with Gasteiger partial charge >= 0.3 is 0 Å². The highest BCUT2D eigenvalue weighted by Crippen LogP contribution is 2.26. The van der Waals surface area contributed by atoms with Crippen LogP contribution in [0.25, 0.3) is 0 Å². The first-order chi connectivity index (χ1) is 10.5. The van der Waals surface area contributed by atoms with Gasteiger partial charge in [-0.1, -0.05) is 11.8 Å². The highest BCUT2D eigenvalue weighted by atomic mass is 32.2. The number of rotatable bonds is 3. The lowest BCUT2D eigenvalue weighted by atomic mass is 10.1. The first kappa shape index (κ1) is 15.0. The third kappa shape index (κ3) is 2.99. The van der Waals surface area contributed by atoms with E-state index < -0.39 is 12.0 Å². The smallest absolute Gasteiger partial charge is 0.227 e. The number of benzene rings is 1. The number of amides is 2. The van der Waals surface area contributed by atoms with Crippen LogP contribution in [0.4, 0.5) is 10.1 Å². The zero-order valence-electron chi connectivity index (χ0n) is 11.8. The molecular weight excluding hydrogens is 307 g/mol. The van der Waals surface area contributed by atoms with E-state index in [4.69, 9.17) is 0 Å². The molecule has 2 amide bonds. The molecule has 22 heavy (non-hydrogen) atoms. The molecule has 0 saturated carbocycles. The fourth-order valence-corrected chi connectivity index (χ4v) is 3.60. The van der Waals surface area contributed by atoms with E-state index in [-0.39, 0.29) is 35.7 Å². The molecule has 2 atom stereocenters. The number of thioether (sulfide) groups is 1. The van der Waals surface area contributed by atoms with E-state index in [2.05, 4.69) is 5.32 Å². The first-order valence-corrected chi connectivity index (χ1v) is 8.06. The monoisotopic (exact) mass is 322 g/mol. The maximum Gasteiger partial charge on any atom is 0.227 e. The molecule has 116 valence electrons. The van der Waals surface area contributed by atoms with E-state index in [1.165, 1.54) is 40.9 Å². The molecule has 1 N–H and O–H groups in total. The lowest BCUT2D eigenvalue weighted by molar-refractivity contribution is -0.128. The topological polar surface area (TPSA) is 66.5 Å². The fourth-order valence-electron chi connectivity index (χ4n) is 2.67. The van der Waals surface area contributed by atoms with E-state index in [1.54, 1.807) is 0 Å². The van der Waals surface area contributed by atoms with Crippen molar-refractivity contribution < 1.29 is 18.8 Å². The van der Waals surface area contributed by atoms with Crippen LogP contribution in [0.2, 0.25) is 0 Å². The lowest BCUT2D eigenvalue weighted by Crippen LogP contribution is -2.41. The van der Waals surface area contributed by atoms with Crippen molar-refractivity contribution in [3.8, 4) is 0 Å². The second kappa shape index (κ2) is 6.08. The molecule has 3 rings (SSSR count). The Morgan fingerprint density at radius 3 is 2.64 bits per heavy atom. The summed E-state index contributed by atoms with van der Waals surface area (Å²) in [5, 5.41) is 2.70. The maximum absolute atomic E-state index is 12.9. The van der Waals surface area contributed by atoms with Crippen molar-refractivity contribution in [2.24, 2.45) is 5.92 Å².